The minimum Gasteiger partial charge on any atom is -0.394 e. The number of aliphatic hydroxyl groups excluding tert-OH is 1. The van der Waals surface area contributed by atoms with E-state index in [0.29, 0.717) is 27.9 Å². The lowest BCUT2D eigenvalue weighted by Gasteiger charge is -2.19. The predicted molar refractivity (Wildman–Crippen MR) is 133 cm³/mol. The number of benzene rings is 2. The van der Waals surface area contributed by atoms with Gasteiger partial charge in [0.25, 0.3) is 5.91 Å². The molecule has 34 heavy (non-hydrogen) atoms. The highest BCUT2D eigenvalue weighted by molar-refractivity contribution is 7.14. The van der Waals surface area contributed by atoms with Gasteiger partial charge in [0.15, 0.2) is 5.01 Å². The van der Waals surface area contributed by atoms with E-state index in [1.54, 1.807) is 44.6 Å². The quantitative estimate of drug-likeness (QED) is 0.351. The van der Waals surface area contributed by atoms with Crippen LogP contribution in [0.2, 0.25) is 0 Å². The van der Waals surface area contributed by atoms with Gasteiger partial charge in [0.2, 0.25) is 5.95 Å². The van der Waals surface area contributed by atoms with E-state index in [1.807, 2.05) is 37.3 Å². The number of aliphatic hydroxyl groups is 1. The lowest BCUT2D eigenvalue weighted by molar-refractivity contribution is 0.0827. The fourth-order valence-electron chi connectivity index (χ4n) is 3.28. The van der Waals surface area contributed by atoms with Crippen LogP contribution in [0.5, 0.6) is 0 Å². The Balaban J connectivity index is 1.64. The van der Waals surface area contributed by atoms with Crippen molar-refractivity contribution in [3.05, 3.63) is 76.9 Å². The molecule has 0 fully saturated rings. The highest BCUT2D eigenvalue weighted by atomic mass is 32.1. The minimum absolute atomic E-state index is 0.0676. The van der Waals surface area contributed by atoms with Crippen LogP contribution in [0.25, 0.3) is 10.6 Å². The Morgan fingerprint density at radius 1 is 1.09 bits per heavy atom. The van der Waals surface area contributed by atoms with Crippen LogP contribution < -0.4 is 10.6 Å². The summed E-state index contributed by atoms with van der Waals surface area (Å²) in [7, 11) is 3.43. The molecule has 174 valence electrons. The molecule has 9 nitrogen and oxygen atoms in total. The van der Waals surface area contributed by atoms with Crippen molar-refractivity contribution in [2.75, 3.05) is 31.3 Å². The van der Waals surface area contributed by atoms with Gasteiger partial charge < -0.3 is 20.6 Å². The molecular formula is C24H25N7O2S. The molecule has 0 radical (unpaired) electrons. The largest absolute Gasteiger partial charge is 0.394 e. The van der Waals surface area contributed by atoms with Crippen molar-refractivity contribution in [3.8, 4) is 10.6 Å². The van der Waals surface area contributed by atoms with Crippen LogP contribution >= 0.6 is 11.3 Å². The van der Waals surface area contributed by atoms with E-state index in [4.69, 9.17) is 0 Å². The van der Waals surface area contributed by atoms with Gasteiger partial charge in [0, 0.05) is 31.5 Å². The standard InChI is InChI=1S/C24H25N7O2S/c1-15-29-30-22(34-15)19-13-25-24(26-18-11-9-17(10-12-18)23(33)31(2)3)28-21(19)27-20(14-32)16-7-5-4-6-8-16/h4-13,20,32H,14H2,1-3H3,(H2,25,26,27,28)/t20-/m1/s1. The summed E-state index contributed by atoms with van der Waals surface area (Å²) >= 11 is 1.44. The van der Waals surface area contributed by atoms with Crippen molar-refractivity contribution in [2.24, 2.45) is 0 Å². The number of aromatic nitrogens is 4. The second-order valence-electron chi connectivity index (χ2n) is 7.77. The van der Waals surface area contributed by atoms with Gasteiger partial charge in [-0.2, -0.15) is 4.98 Å². The SMILES string of the molecule is Cc1nnc(-c2cnc(Nc3ccc(C(=O)N(C)C)cc3)nc2N[C@H](CO)c2ccccc2)s1. The first-order valence-electron chi connectivity index (χ1n) is 10.6. The van der Waals surface area contributed by atoms with Crippen LogP contribution in [0.4, 0.5) is 17.5 Å². The molecule has 0 spiro atoms. The Morgan fingerprint density at radius 2 is 1.82 bits per heavy atom. The summed E-state index contributed by atoms with van der Waals surface area (Å²) in [5, 5.41) is 26.4. The second-order valence-corrected chi connectivity index (χ2v) is 8.96. The number of aryl methyl sites for hydroxylation is 1. The Hall–Kier alpha value is -3.89. The van der Waals surface area contributed by atoms with Crippen LogP contribution in [-0.2, 0) is 0 Å². The molecule has 10 heteroatoms. The first kappa shape index (κ1) is 23.3. The normalized spacial score (nSPS) is 11.6. The van der Waals surface area contributed by atoms with Crippen LogP contribution in [0, 0.1) is 6.92 Å². The van der Waals surface area contributed by atoms with Crippen LogP contribution in [0.1, 0.15) is 27.0 Å². The zero-order valence-corrected chi connectivity index (χ0v) is 19.9. The molecule has 3 N–H and O–H groups in total. The van der Waals surface area contributed by atoms with Crippen LogP contribution in [-0.4, -0.2) is 56.8 Å². The Morgan fingerprint density at radius 3 is 2.44 bits per heavy atom. The first-order chi connectivity index (χ1) is 16.4. The van der Waals surface area contributed by atoms with Crippen molar-refractivity contribution in [1.82, 2.24) is 25.1 Å². The average molecular weight is 476 g/mol. The number of nitrogens with one attached hydrogen (secondary N) is 2. The highest BCUT2D eigenvalue weighted by Crippen LogP contribution is 2.32. The third-order valence-electron chi connectivity index (χ3n) is 5.03. The van der Waals surface area contributed by atoms with Gasteiger partial charge in [0.1, 0.15) is 10.8 Å². The summed E-state index contributed by atoms with van der Waals surface area (Å²) in [5.74, 6) is 0.821. The zero-order valence-electron chi connectivity index (χ0n) is 19.1. The average Bonchev–Trinajstić information content (AvgIpc) is 3.29. The van der Waals surface area contributed by atoms with E-state index in [1.165, 1.54) is 16.2 Å². The molecule has 2 heterocycles. The van der Waals surface area contributed by atoms with E-state index in [9.17, 15) is 9.90 Å². The van der Waals surface area contributed by atoms with E-state index >= 15 is 0 Å². The number of amides is 1. The van der Waals surface area contributed by atoms with Crippen molar-refractivity contribution < 1.29 is 9.90 Å². The molecule has 2 aromatic heterocycles. The number of hydrogen-bond donors (Lipinski definition) is 3. The third-order valence-corrected chi connectivity index (χ3v) is 5.91. The highest BCUT2D eigenvalue weighted by Gasteiger charge is 2.18. The van der Waals surface area contributed by atoms with Gasteiger partial charge in [-0.3, -0.25) is 4.79 Å². The molecule has 0 bridgehead atoms. The molecule has 0 saturated carbocycles. The van der Waals surface area contributed by atoms with Gasteiger partial charge in [-0.25, -0.2) is 4.98 Å². The van der Waals surface area contributed by atoms with E-state index in [2.05, 4.69) is 30.8 Å². The number of carbonyl (C=O) groups is 1. The number of carbonyl (C=O) groups excluding carboxylic acids is 1. The molecule has 2 aromatic carbocycles. The monoisotopic (exact) mass is 475 g/mol. The summed E-state index contributed by atoms with van der Waals surface area (Å²) in [6.07, 6.45) is 1.68. The van der Waals surface area contributed by atoms with Gasteiger partial charge in [-0.1, -0.05) is 41.7 Å². The van der Waals surface area contributed by atoms with Crippen LogP contribution in [0.3, 0.4) is 0 Å². The van der Waals surface area contributed by atoms with Crippen LogP contribution in [0.15, 0.2) is 60.8 Å². The Kier molecular flexibility index (Phi) is 7.09. The predicted octanol–water partition coefficient (Wildman–Crippen LogP) is 3.89. The third kappa shape index (κ3) is 5.36. The lowest BCUT2D eigenvalue weighted by atomic mass is 10.1. The number of hydrogen-bond acceptors (Lipinski definition) is 9. The van der Waals surface area contributed by atoms with Gasteiger partial charge in [0.05, 0.1) is 18.2 Å². The molecule has 4 aromatic rings. The smallest absolute Gasteiger partial charge is 0.253 e. The maximum absolute atomic E-state index is 12.1. The molecule has 0 aliphatic heterocycles. The van der Waals surface area contributed by atoms with E-state index in [0.717, 1.165) is 16.3 Å². The molecule has 1 amide bonds. The number of nitrogens with zero attached hydrogens (tertiary/aromatic N) is 5. The number of rotatable bonds is 8. The number of anilines is 3. The fourth-order valence-corrected chi connectivity index (χ4v) is 3.98. The molecule has 0 saturated heterocycles. The van der Waals surface area contributed by atoms with Crippen molar-refractivity contribution in [3.63, 3.8) is 0 Å². The van der Waals surface area contributed by atoms with Gasteiger partial charge >= 0.3 is 0 Å². The van der Waals surface area contributed by atoms with Crippen molar-refractivity contribution in [1.29, 1.82) is 0 Å². The maximum atomic E-state index is 12.1. The Labute approximate surface area is 201 Å². The zero-order chi connectivity index (χ0) is 24.1. The minimum atomic E-state index is -0.368. The summed E-state index contributed by atoms with van der Waals surface area (Å²) < 4.78 is 0. The molecule has 0 unspecified atom stereocenters. The summed E-state index contributed by atoms with van der Waals surface area (Å²) in [5.41, 5.74) is 2.95. The molecular weight excluding hydrogens is 450 g/mol. The van der Waals surface area contributed by atoms with Crippen molar-refractivity contribution >= 4 is 34.7 Å². The fraction of sp³-hybridized carbons (Fsp3) is 0.208. The summed E-state index contributed by atoms with van der Waals surface area (Å²) in [6.45, 7) is 1.77. The van der Waals surface area contributed by atoms with Gasteiger partial charge in [-0.15, -0.1) is 10.2 Å². The topological polar surface area (TPSA) is 116 Å². The van der Waals surface area contributed by atoms with E-state index in [-0.39, 0.29) is 18.6 Å². The lowest BCUT2D eigenvalue weighted by Crippen LogP contribution is -2.21. The molecule has 0 aliphatic rings. The summed E-state index contributed by atoms with van der Waals surface area (Å²) in [4.78, 5) is 22.8. The van der Waals surface area contributed by atoms with Crippen molar-refractivity contribution in [2.45, 2.75) is 13.0 Å². The first-order valence-corrected chi connectivity index (χ1v) is 11.4. The van der Waals surface area contributed by atoms with Gasteiger partial charge in [-0.05, 0) is 36.8 Å². The maximum Gasteiger partial charge on any atom is 0.253 e. The molecule has 1 atom stereocenters. The second kappa shape index (κ2) is 10.4. The summed E-state index contributed by atoms with van der Waals surface area (Å²) in [6, 6.07) is 16.4. The Bertz CT molecular complexity index is 1260. The van der Waals surface area contributed by atoms with E-state index < -0.39 is 0 Å². The molecule has 4 rings (SSSR count). The molecule has 0 aliphatic carbocycles.